The molecule has 0 atom stereocenters. The van der Waals surface area contributed by atoms with Crippen LogP contribution in [0, 0.1) is 0 Å². The number of allylic oxidation sites excluding steroid dienone is 8. The fourth-order valence-electron chi connectivity index (χ4n) is 1.69. The zero-order valence-electron chi connectivity index (χ0n) is 7.27. The van der Waals surface area contributed by atoms with Crippen LogP contribution >= 0.6 is 0 Å². The maximum atomic E-state index is 2.40. The van der Waals surface area contributed by atoms with Crippen molar-refractivity contribution in [3.05, 3.63) is 48.6 Å². The van der Waals surface area contributed by atoms with Gasteiger partial charge in [-0.15, -0.1) is 0 Å². The molecule has 0 radical (unpaired) electrons. The molecular weight excluding hydrogens is 239 g/mol. The van der Waals surface area contributed by atoms with Crippen LogP contribution in [0.25, 0.3) is 0 Å². The van der Waals surface area contributed by atoms with Crippen molar-refractivity contribution in [3.63, 3.8) is 0 Å². The van der Waals surface area contributed by atoms with Gasteiger partial charge in [0.1, 0.15) is 0 Å². The van der Waals surface area contributed by atoms with Crippen LogP contribution in [0.3, 0.4) is 0 Å². The number of hydrogen-bond donors (Lipinski definition) is 0. The molecule has 61 valence electrons. The Morgan fingerprint density at radius 3 is 1.42 bits per heavy atom. The van der Waals surface area contributed by atoms with Gasteiger partial charge >= 0.3 is 84.1 Å². The van der Waals surface area contributed by atoms with Crippen molar-refractivity contribution in [1.82, 2.24) is 0 Å². The van der Waals surface area contributed by atoms with Gasteiger partial charge in [-0.3, -0.25) is 0 Å². The van der Waals surface area contributed by atoms with Crippen LogP contribution in [0.2, 0.25) is 7.25 Å². The van der Waals surface area contributed by atoms with Gasteiger partial charge in [0.05, 0.1) is 0 Å². The summed E-state index contributed by atoms with van der Waals surface area (Å²) in [5, 5.41) is 0. The Morgan fingerprint density at radius 1 is 0.750 bits per heavy atom. The van der Waals surface area contributed by atoms with Crippen LogP contribution in [0.5, 0.6) is 0 Å². The molecule has 0 unspecified atom stereocenters. The predicted molar refractivity (Wildman–Crippen MR) is 54.0 cm³/mol. The average Bonchev–Trinajstić information content (AvgIpc) is 2.77. The Morgan fingerprint density at radius 2 is 1.08 bits per heavy atom. The van der Waals surface area contributed by atoms with Gasteiger partial charge < -0.3 is 0 Å². The minimum atomic E-state index is -1.08. The van der Waals surface area contributed by atoms with Gasteiger partial charge in [-0.25, -0.2) is 0 Å². The molecule has 2 heteroatoms. The van der Waals surface area contributed by atoms with E-state index in [0.717, 1.165) is 7.25 Å². The van der Waals surface area contributed by atoms with Crippen LogP contribution in [-0.2, 0) is 20.9 Å². The van der Waals surface area contributed by atoms with E-state index in [1.807, 2.05) is 0 Å². The second-order valence-electron chi connectivity index (χ2n) is 3.34. The normalized spacial score (nSPS) is 21.7. The Kier molecular flexibility index (Phi) is 2.77. The fourth-order valence-corrected chi connectivity index (χ4v) is 11.4. The molecule has 12 heavy (non-hydrogen) atoms. The molecule has 0 amide bonds. The number of hydrogen-bond acceptors (Lipinski definition) is 0. The minimum absolute atomic E-state index is 0.900. The Balaban J connectivity index is 2.04. The van der Waals surface area contributed by atoms with Gasteiger partial charge in [-0.1, -0.05) is 0 Å². The summed E-state index contributed by atoms with van der Waals surface area (Å²) >= 11 is -1.08. The molecule has 2 aliphatic carbocycles. The van der Waals surface area contributed by atoms with Crippen LogP contribution in [0.1, 0.15) is 0 Å². The first kappa shape index (κ1) is 8.65. The molecule has 0 aromatic carbocycles. The van der Waals surface area contributed by atoms with Crippen molar-refractivity contribution in [2.75, 3.05) is 0 Å². The molecule has 0 saturated carbocycles. The Labute approximate surface area is 83.8 Å². The van der Waals surface area contributed by atoms with E-state index in [1.54, 1.807) is 0 Å². The standard InChI is InChI=1S/2C5H5.H3Si.Zr/c2*1-2-4-5-3-1;;/h2*1-5H;1H3;. The molecule has 0 saturated heterocycles. The summed E-state index contributed by atoms with van der Waals surface area (Å²) in [6.07, 6.45) is 18.5. The van der Waals surface area contributed by atoms with Gasteiger partial charge in [0.25, 0.3) is 0 Å². The van der Waals surface area contributed by atoms with E-state index >= 15 is 0 Å². The topological polar surface area (TPSA) is 0 Å². The van der Waals surface area contributed by atoms with Crippen molar-refractivity contribution in [2.45, 2.75) is 7.25 Å². The second kappa shape index (κ2) is 3.85. The van der Waals surface area contributed by atoms with E-state index in [4.69, 9.17) is 0 Å². The summed E-state index contributed by atoms with van der Waals surface area (Å²) in [5.74, 6) is 0. The molecule has 0 aromatic rings. The third-order valence-electron chi connectivity index (χ3n) is 2.55. The SMILES string of the molecule is [SiH3][Zr]([CH]1C=CC=C1)[CH]1C=CC=C1. The van der Waals surface area contributed by atoms with Gasteiger partial charge in [-0.05, 0) is 0 Å². The van der Waals surface area contributed by atoms with Gasteiger partial charge in [0.2, 0.25) is 0 Å². The van der Waals surface area contributed by atoms with Crippen LogP contribution < -0.4 is 0 Å². The summed E-state index contributed by atoms with van der Waals surface area (Å²) in [6.45, 7) is 0. The van der Waals surface area contributed by atoms with Crippen LogP contribution in [0.15, 0.2) is 48.6 Å². The average molecular weight is 253 g/mol. The third-order valence-corrected chi connectivity index (χ3v) is 17.5. The van der Waals surface area contributed by atoms with E-state index in [9.17, 15) is 0 Å². The first-order chi connectivity index (χ1) is 5.88. The molecular formula is C10H13SiZr. The van der Waals surface area contributed by atoms with Crippen LogP contribution in [0.4, 0.5) is 0 Å². The summed E-state index contributed by atoms with van der Waals surface area (Å²) in [4.78, 5) is 0. The van der Waals surface area contributed by atoms with Gasteiger partial charge in [0, 0.05) is 0 Å². The molecule has 0 aromatic heterocycles. The van der Waals surface area contributed by atoms with Crippen LogP contribution in [-0.4, -0.2) is 7.37 Å². The summed E-state index contributed by atoms with van der Waals surface area (Å²) in [6, 6.07) is 0. The second-order valence-corrected chi connectivity index (χ2v) is 17.1. The van der Waals surface area contributed by atoms with E-state index in [1.165, 1.54) is 7.37 Å². The van der Waals surface area contributed by atoms with Crippen molar-refractivity contribution in [3.8, 4) is 0 Å². The first-order valence-corrected chi connectivity index (χ1v) is 15.6. The Hall–Kier alpha value is 0.0600. The summed E-state index contributed by atoms with van der Waals surface area (Å²) in [5.41, 5.74) is 0. The zero-order chi connectivity index (χ0) is 8.39. The van der Waals surface area contributed by atoms with Gasteiger partial charge in [0.15, 0.2) is 0 Å². The Bertz CT molecular complexity index is 224. The molecule has 0 heterocycles. The predicted octanol–water partition coefficient (Wildman–Crippen LogP) is 1.71. The van der Waals surface area contributed by atoms with Crippen molar-refractivity contribution in [1.29, 1.82) is 0 Å². The maximum absolute atomic E-state index is 2.40. The monoisotopic (exact) mass is 251 g/mol. The zero-order valence-corrected chi connectivity index (χ0v) is 11.7. The molecule has 0 bridgehead atoms. The van der Waals surface area contributed by atoms with E-state index in [-0.39, 0.29) is 0 Å². The van der Waals surface area contributed by atoms with E-state index in [0.29, 0.717) is 0 Å². The molecule has 0 fully saturated rings. The quantitative estimate of drug-likeness (QED) is 0.657. The third kappa shape index (κ3) is 1.70. The van der Waals surface area contributed by atoms with E-state index < -0.39 is 20.9 Å². The molecule has 0 nitrogen and oxygen atoms in total. The first-order valence-electron chi connectivity index (χ1n) is 4.41. The summed E-state index contributed by atoms with van der Waals surface area (Å²) < 4.78 is 1.80. The van der Waals surface area contributed by atoms with E-state index in [2.05, 4.69) is 48.6 Å². The summed E-state index contributed by atoms with van der Waals surface area (Å²) in [7, 11) is 1.47. The number of rotatable bonds is 2. The molecule has 0 aliphatic heterocycles. The molecule has 0 spiro atoms. The van der Waals surface area contributed by atoms with Crippen molar-refractivity contribution < 1.29 is 20.9 Å². The molecule has 0 N–H and O–H groups in total. The van der Waals surface area contributed by atoms with Gasteiger partial charge in [-0.2, -0.15) is 0 Å². The van der Waals surface area contributed by atoms with Crippen molar-refractivity contribution >= 4 is 7.37 Å². The molecule has 2 aliphatic rings. The van der Waals surface area contributed by atoms with Crippen molar-refractivity contribution in [2.24, 2.45) is 0 Å². The fraction of sp³-hybridized carbons (Fsp3) is 0.200. The molecule has 2 rings (SSSR count).